The van der Waals surface area contributed by atoms with Crippen LogP contribution in [0.25, 0.3) is 0 Å². The lowest BCUT2D eigenvalue weighted by molar-refractivity contribution is -0.384. The molecule has 0 aromatic heterocycles. The third-order valence-electron chi connectivity index (χ3n) is 2.82. The number of amides is 2. The van der Waals surface area contributed by atoms with E-state index >= 15 is 0 Å². The smallest absolute Gasteiger partial charge is 0.316 e. The van der Waals surface area contributed by atoms with Crippen LogP contribution >= 0.6 is 11.6 Å². The van der Waals surface area contributed by atoms with Crippen molar-refractivity contribution in [2.45, 2.75) is 18.9 Å². The summed E-state index contributed by atoms with van der Waals surface area (Å²) in [4.78, 5) is 33.8. The van der Waals surface area contributed by atoms with Gasteiger partial charge in [0.05, 0.1) is 16.0 Å². The fraction of sp³-hybridized carbons (Fsp3) is 0.273. The summed E-state index contributed by atoms with van der Waals surface area (Å²) in [6.45, 7) is 0. The number of hydrogen-bond donors (Lipinski definition) is 1. The molecule has 0 unspecified atom stereocenters. The van der Waals surface area contributed by atoms with Crippen molar-refractivity contribution in [2.24, 2.45) is 5.73 Å². The number of rotatable bonds is 3. The molecule has 0 aliphatic heterocycles. The Hall–Kier alpha value is -2.22. The van der Waals surface area contributed by atoms with Crippen LogP contribution in [0.5, 0.6) is 0 Å². The van der Waals surface area contributed by atoms with Crippen LogP contribution in [0.3, 0.4) is 0 Å². The summed E-state index contributed by atoms with van der Waals surface area (Å²) < 4.78 is 13.3. The summed E-state index contributed by atoms with van der Waals surface area (Å²) in [5.41, 5.74) is 4.05. The molecule has 2 rings (SSSR count). The van der Waals surface area contributed by atoms with Crippen molar-refractivity contribution in [3.05, 3.63) is 33.1 Å². The van der Waals surface area contributed by atoms with Crippen LogP contribution in [0.1, 0.15) is 12.8 Å². The van der Waals surface area contributed by atoms with Crippen molar-refractivity contribution < 1.29 is 18.9 Å². The van der Waals surface area contributed by atoms with E-state index in [4.69, 9.17) is 17.3 Å². The number of nitro groups is 1. The third kappa shape index (κ3) is 2.55. The van der Waals surface area contributed by atoms with Crippen molar-refractivity contribution >= 4 is 34.8 Å². The van der Waals surface area contributed by atoms with Gasteiger partial charge in [-0.05, 0) is 18.9 Å². The highest BCUT2D eigenvalue weighted by atomic mass is 35.5. The Morgan fingerprint density at radius 3 is 2.50 bits per heavy atom. The molecule has 9 heteroatoms. The summed E-state index contributed by atoms with van der Waals surface area (Å²) in [5.74, 6) is -3.31. The zero-order valence-corrected chi connectivity index (χ0v) is 10.8. The van der Waals surface area contributed by atoms with Crippen molar-refractivity contribution in [1.29, 1.82) is 0 Å². The van der Waals surface area contributed by atoms with E-state index in [1.165, 1.54) is 0 Å². The highest BCUT2D eigenvalue weighted by molar-refractivity contribution is 6.40. The first-order valence-electron chi connectivity index (χ1n) is 5.59. The Bertz CT molecular complexity index is 618. The van der Waals surface area contributed by atoms with Crippen LogP contribution in [0, 0.1) is 15.9 Å². The molecular weight excluding hydrogens is 293 g/mol. The molecule has 0 atom stereocenters. The van der Waals surface area contributed by atoms with Gasteiger partial charge >= 0.3 is 11.8 Å². The van der Waals surface area contributed by atoms with E-state index in [0.29, 0.717) is 18.9 Å². The first kappa shape index (κ1) is 14.2. The normalized spacial score (nSPS) is 13.9. The third-order valence-corrected chi connectivity index (χ3v) is 3.10. The number of carbonyl (C=O) groups is 2. The predicted octanol–water partition coefficient (Wildman–Crippen LogP) is 1.37. The lowest BCUT2D eigenvalue weighted by Gasteiger charge is -2.20. The van der Waals surface area contributed by atoms with Crippen molar-refractivity contribution in [3.63, 3.8) is 0 Å². The topological polar surface area (TPSA) is 107 Å². The van der Waals surface area contributed by atoms with E-state index in [-0.39, 0.29) is 16.8 Å². The SMILES string of the molecule is NC(=O)C(=O)N(c1cc(Cl)c(F)cc1[N+](=O)[O-])C1CC1. The van der Waals surface area contributed by atoms with Gasteiger partial charge in [0.15, 0.2) is 0 Å². The minimum Gasteiger partial charge on any atom is -0.361 e. The van der Waals surface area contributed by atoms with Crippen LogP contribution in [0.2, 0.25) is 5.02 Å². The van der Waals surface area contributed by atoms with Crippen LogP contribution in [0.15, 0.2) is 12.1 Å². The van der Waals surface area contributed by atoms with Gasteiger partial charge in [0.25, 0.3) is 5.69 Å². The molecular formula is C11H9ClFN3O4. The molecule has 20 heavy (non-hydrogen) atoms. The predicted molar refractivity (Wildman–Crippen MR) is 67.8 cm³/mol. The van der Waals surface area contributed by atoms with Gasteiger partial charge < -0.3 is 5.73 Å². The maximum Gasteiger partial charge on any atom is 0.316 e. The van der Waals surface area contributed by atoms with E-state index in [9.17, 15) is 24.1 Å². The maximum absolute atomic E-state index is 13.3. The van der Waals surface area contributed by atoms with Gasteiger partial charge in [0, 0.05) is 6.04 Å². The number of nitro benzene ring substituents is 1. The lowest BCUT2D eigenvalue weighted by atomic mass is 10.2. The number of hydrogen-bond acceptors (Lipinski definition) is 4. The second kappa shape index (κ2) is 5.04. The molecule has 1 fully saturated rings. The highest BCUT2D eigenvalue weighted by Crippen LogP contribution is 2.39. The van der Waals surface area contributed by atoms with Gasteiger partial charge in [0.2, 0.25) is 0 Å². The molecule has 1 aromatic carbocycles. The van der Waals surface area contributed by atoms with Gasteiger partial charge in [0.1, 0.15) is 11.5 Å². The number of nitrogens with two attached hydrogens (primary N) is 1. The number of primary amides is 1. The Morgan fingerprint density at radius 2 is 2.05 bits per heavy atom. The van der Waals surface area contributed by atoms with Crippen LogP contribution in [-0.4, -0.2) is 22.8 Å². The van der Waals surface area contributed by atoms with E-state index in [1.54, 1.807) is 0 Å². The van der Waals surface area contributed by atoms with Crippen LogP contribution < -0.4 is 10.6 Å². The van der Waals surface area contributed by atoms with Gasteiger partial charge in [-0.1, -0.05) is 11.6 Å². The van der Waals surface area contributed by atoms with E-state index in [2.05, 4.69) is 0 Å². The summed E-state index contributed by atoms with van der Waals surface area (Å²) >= 11 is 5.59. The average molecular weight is 302 g/mol. The summed E-state index contributed by atoms with van der Waals surface area (Å²) in [7, 11) is 0. The van der Waals surface area contributed by atoms with Gasteiger partial charge in [-0.15, -0.1) is 0 Å². The standard InChI is InChI=1S/C11H9ClFN3O4/c12-6-3-8(9(16(19)20)4-7(6)13)15(5-1-2-5)11(18)10(14)17/h3-5H,1-2H2,(H2,14,17). The number of benzene rings is 1. The zero-order valence-electron chi connectivity index (χ0n) is 10.0. The molecule has 0 saturated heterocycles. The highest BCUT2D eigenvalue weighted by Gasteiger charge is 2.39. The van der Waals surface area contributed by atoms with Gasteiger partial charge in [-0.25, -0.2) is 4.39 Å². The second-order valence-electron chi connectivity index (χ2n) is 4.28. The minimum absolute atomic E-state index is 0.229. The molecule has 1 aliphatic carbocycles. The Balaban J connectivity index is 2.58. The fourth-order valence-electron chi connectivity index (χ4n) is 1.79. The number of halogens is 2. The second-order valence-corrected chi connectivity index (χ2v) is 4.69. The monoisotopic (exact) mass is 301 g/mol. The number of carbonyl (C=O) groups excluding carboxylic acids is 2. The number of anilines is 1. The average Bonchev–Trinajstić information content (AvgIpc) is 3.17. The first-order valence-corrected chi connectivity index (χ1v) is 5.97. The molecule has 0 spiro atoms. The molecule has 0 heterocycles. The van der Waals surface area contributed by atoms with Gasteiger partial charge in [-0.3, -0.25) is 24.6 Å². The molecule has 2 N–H and O–H groups in total. The van der Waals surface area contributed by atoms with Crippen molar-refractivity contribution in [2.75, 3.05) is 4.90 Å². The molecule has 1 aromatic rings. The molecule has 106 valence electrons. The fourth-order valence-corrected chi connectivity index (χ4v) is 1.95. The van der Waals surface area contributed by atoms with Crippen molar-refractivity contribution in [3.8, 4) is 0 Å². The quantitative estimate of drug-likeness (QED) is 0.517. The minimum atomic E-state index is -1.24. The lowest BCUT2D eigenvalue weighted by Crippen LogP contribution is -2.42. The van der Waals surface area contributed by atoms with E-state index in [0.717, 1.165) is 11.0 Å². The molecule has 1 aliphatic rings. The Kier molecular flexibility index (Phi) is 3.58. The Morgan fingerprint density at radius 1 is 1.45 bits per heavy atom. The molecule has 7 nitrogen and oxygen atoms in total. The maximum atomic E-state index is 13.3. The molecule has 0 bridgehead atoms. The zero-order chi connectivity index (χ0) is 15.0. The van der Waals surface area contributed by atoms with Crippen LogP contribution in [0.4, 0.5) is 15.8 Å². The van der Waals surface area contributed by atoms with Crippen molar-refractivity contribution in [1.82, 2.24) is 0 Å². The molecule has 2 amide bonds. The summed E-state index contributed by atoms with van der Waals surface area (Å²) in [6.07, 6.45) is 1.15. The first-order chi connectivity index (χ1) is 9.32. The summed E-state index contributed by atoms with van der Waals surface area (Å²) in [6, 6.07) is 1.20. The molecule has 0 radical (unpaired) electrons. The van der Waals surface area contributed by atoms with Crippen LogP contribution in [-0.2, 0) is 9.59 Å². The Labute approximate surface area is 117 Å². The largest absolute Gasteiger partial charge is 0.361 e. The number of nitrogens with zero attached hydrogens (tertiary/aromatic N) is 2. The molecule has 1 saturated carbocycles. The van der Waals surface area contributed by atoms with Gasteiger partial charge in [-0.2, -0.15) is 0 Å². The van der Waals surface area contributed by atoms with E-state index in [1.807, 2.05) is 0 Å². The van der Waals surface area contributed by atoms with E-state index < -0.39 is 28.2 Å². The summed E-state index contributed by atoms with van der Waals surface area (Å²) in [5, 5.41) is 10.6.